The quantitative estimate of drug-likeness (QED) is 0.730. The van der Waals surface area contributed by atoms with Crippen LogP contribution in [0.1, 0.15) is 0 Å². The Labute approximate surface area is 92.1 Å². The van der Waals surface area contributed by atoms with Crippen LogP contribution < -0.4 is 0 Å². The highest BCUT2D eigenvalue weighted by atomic mass is 35.5. The van der Waals surface area contributed by atoms with E-state index in [0.717, 1.165) is 11.3 Å². The SMILES string of the molecule is Cn1[c]cc(-c2cc(Cl)ccc2Cl)n1. The molecule has 0 aliphatic carbocycles. The first-order chi connectivity index (χ1) is 6.66. The maximum absolute atomic E-state index is 6.02. The Morgan fingerprint density at radius 1 is 1.36 bits per heavy atom. The molecule has 2 nitrogen and oxygen atoms in total. The molecule has 1 aromatic carbocycles. The number of hydrogen-bond acceptors (Lipinski definition) is 1. The molecule has 0 unspecified atom stereocenters. The van der Waals surface area contributed by atoms with E-state index >= 15 is 0 Å². The van der Waals surface area contributed by atoms with Crippen LogP contribution in [-0.2, 0) is 7.05 Å². The lowest BCUT2D eigenvalue weighted by Crippen LogP contribution is -1.88. The lowest BCUT2D eigenvalue weighted by Gasteiger charge is -2.00. The van der Waals surface area contributed by atoms with Gasteiger partial charge in [-0.15, -0.1) is 0 Å². The molecule has 0 saturated carbocycles. The summed E-state index contributed by atoms with van der Waals surface area (Å²) in [4.78, 5) is 0. The van der Waals surface area contributed by atoms with E-state index in [2.05, 4.69) is 11.3 Å². The van der Waals surface area contributed by atoms with Gasteiger partial charge >= 0.3 is 0 Å². The summed E-state index contributed by atoms with van der Waals surface area (Å²) in [5, 5.41) is 5.49. The van der Waals surface area contributed by atoms with Crippen LogP contribution in [0.15, 0.2) is 24.3 Å². The van der Waals surface area contributed by atoms with E-state index < -0.39 is 0 Å². The third-order valence-corrected chi connectivity index (χ3v) is 2.41. The van der Waals surface area contributed by atoms with Crippen LogP contribution in [0.5, 0.6) is 0 Å². The van der Waals surface area contributed by atoms with Crippen LogP contribution >= 0.6 is 23.2 Å². The van der Waals surface area contributed by atoms with Crippen molar-refractivity contribution in [2.45, 2.75) is 0 Å². The fraction of sp³-hybridized carbons (Fsp3) is 0.100. The zero-order valence-corrected chi connectivity index (χ0v) is 8.97. The van der Waals surface area contributed by atoms with E-state index in [1.807, 2.05) is 7.05 Å². The van der Waals surface area contributed by atoms with Crippen LogP contribution in [0.3, 0.4) is 0 Å². The van der Waals surface area contributed by atoms with E-state index in [1.165, 1.54) is 0 Å². The van der Waals surface area contributed by atoms with Crippen LogP contribution in [0, 0.1) is 6.20 Å². The third kappa shape index (κ3) is 1.76. The number of rotatable bonds is 1. The minimum atomic E-state index is 0.640. The highest BCUT2D eigenvalue weighted by molar-refractivity contribution is 6.35. The van der Waals surface area contributed by atoms with Crippen molar-refractivity contribution in [3.05, 3.63) is 40.5 Å². The van der Waals surface area contributed by atoms with Gasteiger partial charge in [-0.3, -0.25) is 4.68 Å². The van der Waals surface area contributed by atoms with Gasteiger partial charge in [-0.05, 0) is 24.3 Å². The van der Waals surface area contributed by atoms with Crippen molar-refractivity contribution in [3.8, 4) is 11.3 Å². The van der Waals surface area contributed by atoms with Crippen LogP contribution in [0.25, 0.3) is 11.3 Å². The molecule has 1 radical (unpaired) electrons. The molecule has 0 saturated heterocycles. The molecule has 0 bridgehead atoms. The number of halogens is 2. The molecule has 0 amide bonds. The van der Waals surface area contributed by atoms with Gasteiger partial charge in [0.1, 0.15) is 0 Å². The van der Waals surface area contributed by atoms with Gasteiger partial charge in [-0.25, -0.2) is 0 Å². The minimum absolute atomic E-state index is 0.640. The third-order valence-electron chi connectivity index (χ3n) is 1.85. The summed E-state index contributed by atoms with van der Waals surface area (Å²) in [6, 6.07) is 7.07. The summed E-state index contributed by atoms with van der Waals surface area (Å²) in [5.74, 6) is 0. The number of aryl methyl sites for hydroxylation is 1. The standard InChI is InChI=1S/C10H7Cl2N2/c1-14-5-4-10(13-14)8-6-7(11)2-3-9(8)12/h2-4,6H,1H3. The average Bonchev–Trinajstić information content (AvgIpc) is 2.56. The first kappa shape index (κ1) is 9.56. The predicted molar refractivity (Wildman–Crippen MR) is 57.5 cm³/mol. The monoisotopic (exact) mass is 225 g/mol. The van der Waals surface area contributed by atoms with E-state index in [1.54, 1.807) is 28.9 Å². The lowest BCUT2D eigenvalue weighted by molar-refractivity contribution is 0.765. The molecule has 14 heavy (non-hydrogen) atoms. The smallest absolute Gasteiger partial charge is 0.0945 e. The Bertz CT molecular complexity index is 463. The lowest BCUT2D eigenvalue weighted by atomic mass is 10.1. The fourth-order valence-corrected chi connectivity index (χ4v) is 1.59. The van der Waals surface area contributed by atoms with Gasteiger partial charge in [0, 0.05) is 17.6 Å². The van der Waals surface area contributed by atoms with Gasteiger partial charge in [0.25, 0.3) is 0 Å². The van der Waals surface area contributed by atoms with Crippen LogP contribution in [-0.4, -0.2) is 9.78 Å². The van der Waals surface area contributed by atoms with Crippen molar-refractivity contribution in [2.75, 3.05) is 0 Å². The molecule has 2 rings (SSSR count). The number of benzene rings is 1. The maximum atomic E-state index is 6.02. The Kier molecular flexibility index (Phi) is 2.48. The van der Waals surface area contributed by atoms with Crippen molar-refractivity contribution in [2.24, 2.45) is 7.05 Å². The molecule has 4 heteroatoms. The number of nitrogens with zero attached hydrogens (tertiary/aromatic N) is 2. The molecule has 71 valence electrons. The first-order valence-corrected chi connectivity index (χ1v) is 4.79. The summed E-state index contributed by atoms with van der Waals surface area (Å²) >= 11 is 11.9. The van der Waals surface area contributed by atoms with Crippen molar-refractivity contribution in [1.29, 1.82) is 0 Å². The van der Waals surface area contributed by atoms with Crippen molar-refractivity contribution in [3.63, 3.8) is 0 Å². The first-order valence-electron chi connectivity index (χ1n) is 4.04. The van der Waals surface area contributed by atoms with Crippen molar-refractivity contribution < 1.29 is 0 Å². The van der Waals surface area contributed by atoms with E-state index in [0.29, 0.717) is 10.0 Å². The zero-order valence-electron chi connectivity index (χ0n) is 7.46. The molecule has 1 heterocycles. The van der Waals surface area contributed by atoms with E-state index in [-0.39, 0.29) is 0 Å². The van der Waals surface area contributed by atoms with E-state index in [4.69, 9.17) is 23.2 Å². The molecule has 0 aliphatic heterocycles. The molecule has 0 spiro atoms. The van der Waals surface area contributed by atoms with Gasteiger partial charge in [0.05, 0.1) is 16.9 Å². The molecule has 0 fully saturated rings. The highest BCUT2D eigenvalue weighted by Gasteiger charge is 2.06. The predicted octanol–water partition coefficient (Wildman–Crippen LogP) is 3.19. The summed E-state index contributed by atoms with van der Waals surface area (Å²) in [5.41, 5.74) is 1.61. The van der Waals surface area contributed by atoms with Gasteiger partial charge in [-0.2, -0.15) is 5.10 Å². The second-order valence-electron chi connectivity index (χ2n) is 2.91. The summed E-state index contributed by atoms with van der Waals surface area (Å²) in [6.07, 6.45) is 2.92. The van der Waals surface area contributed by atoms with Gasteiger partial charge in [0.2, 0.25) is 0 Å². The topological polar surface area (TPSA) is 17.8 Å². The summed E-state index contributed by atoms with van der Waals surface area (Å²) in [7, 11) is 1.81. The fourth-order valence-electron chi connectivity index (χ4n) is 1.20. The second kappa shape index (κ2) is 3.64. The van der Waals surface area contributed by atoms with Crippen LogP contribution in [0.2, 0.25) is 10.0 Å². The Morgan fingerprint density at radius 2 is 2.14 bits per heavy atom. The molecule has 2 aromatic rings. The molecular weight excluding hydrogens is 219 g/mol. The normalized spacial score (nSPS) is 10.5. The number of aromatic nitrogens is 2. The molecule has 0 N–H and O–H groups in total. The molecule has 0 aliphatic rings. The average molecular weight is 226 g/mol. The summed E-state index contributed by atoms with van der Waals surface area (Å²) < 4.78 is 1.60. The second-order valence-corrected chi connectivity index (χ2v) is 3.75. The van der Waals surface area contributed by atoms with Gasteiger partial charge in [0.15, 0.2) is 0 Å². The highest BCUT2D eigenvalue weighted by Crippen LogP contribution is 2.28. The van der Waals surface area contributed by atoms with Gasteiger partial charge < -0.3 is 0 Å². The zero-order chi connectivity index (χ0) is 10.1. The van der Waals surface area contributed by atoms with Crippen molar-refractivity contribution in [1.82, 2.24) is 9.78 Å². The van der Waals surface area contributed by atoms with Gasteiger partial charge in [-0.1, -0.05) is 23.2 Å². The molecule has 0 atom stereocenters. The Morgan fingerprint density at radius 3 is 2.79 bits per heavy atom. The van der Waals surface area contributed by atoms with Crippen LogP contribution in [0.4, 0.5) is 0 Å². The Balaban J connectivity index is 2.55. The largest absolute Gasteiger partial charge is 0.266 e. The maximum Gasteiger partial charge on any atom is 0.0945 e. The van der Waals surface area contributed by atoms with E-state index in [9.17, 15) is 0 Å². The Hall–Kier alpha value is -0.990. The summed E-state index contributed by atoms with van der Waals surface area (Å²) in [6.45, 7) is 0. The minimum Gasteiger partial charge on any atom is -0.266 e. The molecular formula is C10H7Cl2N2. The van der Waals surface area contributed by atoms with Crippen molar-refractivity contribution >= 4 is 23.2 Å². The molecule has 1 aromatic heterocycles. The number of hydrogen-bond donors (Lipinski definition) is 0.